The van der Waals surface area contributed by atoms with Crippen LogP contribution in [0.25, 0.3) is 10.9 Å². The Hall–Kier alpha value is -2.99. The van der Waals surface area contributed by atoms with E-state index in [4.69, 9.17) is 9.47 Å². The van der Waals surface area contributed by atoms with Crippen LogP contribution in [0, 0.1) is 0 Å². The van der Waals surface area contributed by atoms with Gasteiger partial charge in [-0.25, -0.2) is 0 Å². The summed E-state index contributed by atoms with van der Waals surface area (Å²) >= 11 is 0. The molecule has 0 unspecified atom stereocenters. The molecule has 0 bridgehead atoms. The average molecular weight is 381 g/mol. The first-order chi connectivity index (χ1) is 13.6. The molecule has 1 aromatic heterocycles. The Morgan fingerprint density at radius 1 is 1.11 bits per heavy atom. The lowest BCUT2D eigenvalue weighted by molar-refractivity contribution is -0.122. The number of aromatic amines is 1. The fraction of sp³-hybridized carbons (Fsp3) is 0.318. The maximum Gasteiger partial charge on any atom is 0.234 e. The molecule has 3 aromatic rings. The number of fused-ring (bicyclic) bond motifs is 1. The van der Waals surface area contributed by atoms with E-state index >= 15 is 0 Å². The van der Waals surface area contributed by atoms with Crippen molar-refractivity contribution in [1.29, 1.82) is 0 Å². The molecule has 1 amide bonds. The molecule has 2 aromatic carbocycles. The zero-order valence-corrected chi connectivity index (χ0v) is 16.6. The van der Waals surface area contributed by atoms with Crippen molar-refractivity contribution in [2.75, 3.05) is 34.4 Å². The summed E-state index contributed by atoms with van der Waals surface area (Å²) in [5, 5.41) is 4.21. The van der Waals surface area contributed by atoms with E-state index < -0.39 is 0 Å². The number of likely N-dealkylation sites (N-methyl/N-ethyl adjacent to an activating group) is 1. The van der Waals surface area contributed by atoms with Crippen molar-refractivity contribution < 1.29 is 14.3 Å². The minimum absolute atomic E-state index is 0.00909. The summed E-state index contributed by atoms with van der Waals surface area (Å²) in [5.74, 6) is 1.51. The van der Waals surface area contributed by atoms with Gasteiger partial charge in [-0.05, 0) is 31.2 Å². The number of aromatic nitrogens is 1. The van der Waals surface area contributed by atoms with Crippen LogP contribution in [0.4, 0.5) is 0 Å². The molecule has 0 fully saturated rings. The molecule has 0 radical (unpaired) electrons. The smallest absolute Gasteiger partial charge is 0.234 e. The van der Waals surface area contributed by atoms with Crippen LogP contribution in [0.5, 0.6) is 11.5 Å². The molecule has 0 atom stereocenters. The average Bonchev–Trinajstić information content (AvgIpc) is 3.11. The van der Waals surface area contributed by atoms with Gasteiger partial charge in [0.15, 0.2) is 0 Å². The number of amides is 1. The van der Waals surface area contributed by atoms with Crippen molar-refractivity contribution in [2.45, 2.75) is 13.0 Å². The topological polar surface area (TPSA) is 66.6 Å². The zero-order valence-electron chi connectivity index (χ0n) is 16.6. The number of benzene rings is 2. The summed E-state index contributed by atoms with van der Waals surface area (Å²) in [6, 6.07) is 13.9. The maximum absolute atomic E-state index is 12.3. The van der Waals surface area contributed by atoms with Crippen LogP contribution in [0.15, 0.2) is 48.7 Å². The second kappa shape index (κ2) is 9.28. The van der Waals surface area contributed by atoms with Gasteiger partial charge < -0.3 is 19.8 Å². The highest BCUT2D eigenvalue weighted by Gasteiger charge is 2.11. The van der Waals surface area contributed by atoms with Gasteiger partial charge in [0.2, 0.25) is 5.91 Å². The predicted octanol–water partition coefficient (Wildman–Crippen LogP) is 2.98. The Labute approximate surface area is 165 Å². The minimum Gasteiger partial charge on any atom is -0.497 e. The Morgan fingerprint density at radius 3 is 2.71 bits per heavy atom. The summed E-state index contributed by atoms with van der Waals surface area (Å²) in [4.78, 5) is 17.5. The number of nitrogens with one attached hydrogen (secondary N) is 2. The van der Waals surface area contributed by atoms with Gasteiger partial charge in [0.05, 0.1) is 20.8 Å². The molecule has 0 spiro atoms. The highest BCUT2D eigenvalue weighted by Crippen LogP contribution is 2.25. The Balaban J connectivity index is 1.48. The molecular formula is C22H27N3O3. The summed E-state index contributed by atoms with van der Waals surface area (Å²) < 4.78 is 10.6. The van der Waals surface area contributed by atoms with Crippen molar-refractivity contribution >= 4 is 16.8 Å². The van der Waals surface area contributed by atoms with Gasteiger partial charge in [-0.1, -0.05) is 24.3 Å². The first kappa shape index (κ1) is 19.8. The standard InChI is InChI=1S/C22H27N3O3/c1-25(14-17-8-9-18(27-2)12-21(17)28-3)15-22(26)23-11-10-16-13-24-20-7-5-4-6-19(16)20/h4-9,12-13,24H,10-11,14-15H2,1-3H3,(H,23,26). The Bertz CT molecular complexity index is 936. The largest absolute Gasteiger partial charge is 0.497 e. The summed E-state index contributed by atoms with van der Waals surface area (Å²) in [6.07, 6.45) is 2.81. The molecule has 148 valence electrons. The van der Waals surface area contributed by atoms with E-state index in [2.05, 4.69) is 22.4 Å². The maximum atomic E-state index is 12.3. The number of carbonyl (C=O) groups excluding carboxylic acids is 1. The Morgan fingerprint density at radius 2 is 1.93 bits per heavy atom. The fourth-order valence-corrected chi connectivity index (χ4v) is 3.31. The number of hydrogen-bond donors (Lipinski definition) is 2. The number of carbonyl (C=O) groups is 1. The van der Waals surface area contributed by atoms with Gasteiger partial charge in [0, 0.05) is 41.8 Å². The summed E-state index contributed by atoms with van der Waals surface area (Å²) in [5.41, 5.74) is 3.35. The van der Waals surface area contributed by atoms with E-state index in [1.165, 1.54) is 10.9 Å². The quantitative estimate of drug-likeness (QED) is 0.598. The lowest BCUT2D eigenvalue weighted by atomic mass is 10.1. The molecule has 6 heteroatoms. The Kier molecular flexibility index (Phi) is 6.55. The zero-order chi connectivity index (χ0) is 19.9. The third-order valence-corrected chi connectivity index (χ3v) is 4.74. The number of nitrogens with zero attached hydrogens (tertiary/aromatic N) is 1. The molecule has 28 heavy (non-hydrogen) atoms. The van der Waals surface area contributed by atoms with Crippen molar-refractivity contribution in [3.63, 3.8) is 0 Å². The van der Waals surface area contributed by atoms with Crippen LogP contribution >= 0.6 is 0 Å². The van der Waals surface area contributed by atoms with Gasteiger partial charge in [0.25, 0.3) is 0 Å². The lowest BCUT2D eigenvalue weighted by Gasteiger charge is -2.18. The van der Waals surface area contributed by atoms with Crippen LogP contribution in [0.3, 0.4) is 0 Å². The highest BCUT2D eigenvalue weighted by atomic mass is 16.5. The third-order valence-electron chi connectivity index (χ3n) is 4.74. The minimum atomic E-state index is 0.00909. The number of ether oxygens (including phenoxy) is 2. The number of hydrogen-bond acceptors (Lipinski definition) is 4. The monoisotopic (exact) mass is 381 g/mol. The predicted molar refractivity (Wildman–Crippen MR) is 111 cm³/mol. The van der Waals surface area contributed by atoms with E-state index in [1.807, 2.05) is 48.5 Å². The number of methoxy groups -OCH3 is 2. The van der Waals surface area contributed by atoms with Crippen molar-refractivity contribution in [2.24, 2.45) is 0 Å². The summed E-state index contributed by atoms with van der Waals surface area (Å²) in [7, 11) is 5.18. The fourth-order valence-electron chi connectivity index (χ4n) is 3.31. The van der Waals surface area contributed by atoms with Crippen molar-refractivity contribution in [3.05, 3.63) is 59.8 Å². The molecular weight excluding hydrogens is 354 g/mol. The molecule has 6 nitrogen and oxygen atoms in total. The van der Waals surface area contributed by atoms with E-state index in [9.17, 15) is 4.79 Å². The first-order valence-electron chi connectivity index (χ1n) is 9.32. The second-order valence-electron chi connectivity index (χ2n) is 6.81. The third kappa shape index (κ3) is 4.84. The summed E-state index contributed by atoms with van der Waals surface area (Å²) in [6.45, 7) is 1.55. The van der Waals surface area contributed by atoms with Crippen LogP contribution in [-0.4, -0.2) is 50.1 Å². The molecule has 0 aliphatic heterocycles. The van der Waals surface area contributed by atoms with E-state index in [-0.39, 0.29) is 5.91 Å². The number of para-hydroxylation sites is 1. The van der Waals surface area contributed by atoms with Crippen LogP contribution < -0.4 is 14.8 Å². The number of rotatable bonds is 9. The molecule has 3 rings (SSSR count). The van der Waals surface area contributed by atoms with Crippen LogP contribution in [0.1, 0.15) is 11.1 Å². The number of H-pyrrole nitrogens is 1. The molecule has 0 saturated heterocycles. The molecule has 0 aliphatic carbocycles. The molecule has 0 saturated carbocycles. The van der Waals surface area contributed by atoms with Gasteiger partial charge in [-0.2, -0.15) is 0 Å². The highest BCUT2D eigenvalue weighted by molar-refractivity contribution is 5.83. The lowest BCUT2D eigenvalue weighted by Crippen LogP contribution is -2.35. The molecule has 2 N–H and O–H groups in total. The van der Waals surface area contributed by atoms with E-state index in [0.717, 1.165) is 29.0 Å². The van der Waals surface area contributed by atoms with Gasteiger partial charge in [-0.15, -0.1) is 0 Å². The first-order valence-corrected chi connectivity index (χ1v) is 9.32. The second-order valence-corrected chi connectivity index (χ2v) is 6.81. The van der Waals surface area contributed by atoms with Gasteiger partial charge in [0.1, 0.15) is 11.5 Å². The molecule has 1 heterocycles. The van der Waals surface area contributed by atoms with Crippen molar-refractivity contribution in [1.82, 2.24) is 15.2 Å². The van der Waals surface area contributed by atoms with E-state index in [1.54, 1.807) is 14.2 Å². The van der Waals surface area contributed by atoms with Crippen LogP contribution in [-0.2, 0) is 17.8 Å². The van der Waals surface area contributed by atoms with Crippen molar-refractivity contribution in [3.8, 4) is 11.5 Å². The molecule has 0 aliphatic rings. The van der Waals surface area contributed by atoms with E-state index in [0.29, 0.717) is 19.6 Å². The van der Waals surface area contributed by atoms with Crippen LogP contribution in [0.2, 0.25) is 0 Å². The van der Waals surface area contributed by atoms with Gasteiger partial charge >= 0.3 is 0 Å². The SMILES string of the molecule is COc1ccc(CN(C)CC(=O)NCCc2c[nH]c3ccccc23)c(OC)c1. The van der Waals surface area contributed by atoms with Gasteiger partial charge in [-0.3, -0.25) is 9.69 Å². The normalized spacial score (nSPS) is 11.0.